The third-order valence-electron chi connectivity index (χ3n) is 7.10. The monoisotopic (exact) mass is 700 g/mol. The average molecular weight is 703 g/mol. The van der Waals surface area contributed by atoms with Gasteiger partial charge in [0.2, 0.25) is 0 Å². The molecule has 0 spiro atoms. The molecule has 44 heavy (non-hydrogen) atoms. The normalized spacial score (nSPS) is 12.0. The zero-order valence-corrected chi connectivity index (χ0v) is 29.1. The molecule has 0 fully saturated rings. The molecule has 0 aromatic heterocycles. The quantitative estimate of drug-likeness (QED) is 0.247. The van der Waals surface area contributed by atoms with Gasteiger partial charge in [0.05, 0.1) is 0 Å². The minimum Gasteiger partial charge on any atom is -1.00 e. The van der Waals surface area contributed by atoms with E-state index in [9.17, 15) is 8.78 Å². The minimum atomic E-state index is -0.270. The Bertz CT molecular complexity index is 1590. The molecule has 0 bridgehead atoms. The molecule has 5 heteroatoms. The van der Waals surface area contributed by atoms with Crippen LogP contribution in [0.15, 0.2) is 110 Å². The molecule has 0 saturated heterocycles. The molecular formula is C39H34Cl2F2Zr-2. The molecule has 0 radical (unpaired) electrons. The van der Waals surface area contributed by atoms with Crippen LogP contribution in [-0.2, 0) is 30.7 Å². The Morgan fingerprint density at radius 3 is 1.89 bits per heavy atom. The smallest absolute Gasteiger partial charge is 1.00 e. The van der Waals surface area contributed by atoms with E-state index in [1.165, 1.54) is 57.7 Å². The molecule has 6 rings (SSSR count). The summed E-state index contributed by atoms with van der Waals surface area (Å²) in [6.07, 6.45) is 13.2. The molecule has 0 nitrogen and oxygen atoms in total. The van der Waals surface area contributed by atoms with Crippen LogP contribution >= 0.6 is 0 Å². The number of rotatable bonds is 4. The van der Waals surface area contributed by atoms with Gasteiger partial charge in [-0.3, -0.25) is 6.08 Å². The van der Waals surface area contributed by atoms with Gasteiger partial charge in [0.1, 0.15) is 0 Å². The van der Waals surface area contributed by atoms with Crippen molar-refractivity contribution in [2.75, 3.05) is 0 Å². The van der Waals surface area contributed by atoms with Crippen LogP contribution in [-0.4, -0.2) is 3.21 Å². The van der Waals surface area contributed by atoms with Crippen molar-refractivity contribution >= 4 is 15.4 Å². The van der Waals surface area contributed by atoms with Crippen molar-refractivity contribution in [3.63, 3.8) is 0 Å². The van der Waals surface area contributed by atoms with Gasteiger partial charge in [-0.2, -0.15) is 35.4 Å². The third-order valence-corrected chi connectivity index (χ3v) is 8.52. The molecule has 4 aromatic rings. The first-order valence-electron chi connectivity index (χ1n) is 13.9. The molecule has 0 atom stereocenters. The SMILES string of the molecule is C=Cc1c[c-]c2c(c1)-c1cc(C=C)ccc1C2.CC(C)(C)C1=CC[C-]=C1.Fc1cccc([C](=[Zr+2])c2cccc(F)c2)c1.[Cl-].[Cl-]. The summed E-state index contributed by atoms with van der Waals surface area (Å²) >= 11 is 1.13. The molecule has 224 valence electrons. The number of fused-ring (bicyclic) bond motifs is 3. The number of allylic oxidation sites excluding steroid dienone is 4. The molecule has 2 aliphatic carbocycles. The third kappa shape index (κ3) is 9.77. The molecule has 0 saturated carbocycles. The Balaban J connectivity index is 0.000000235. The van der Waals surface area contributed by atoms with Crippen molar-refractivity contribution < 1.29 is 57.8 Å². The van der Waals surface area contributed by atoms with Gasteiger partial charge in [0, 0.05) is 0 Å². The van der Waals surface area contributed by atoms with Crippen molar-refractivity contribution in [1.82, 2.24) is 0 Å². The minimum absolute atomic E-state index is 0. The van der Waals surface area contributed by atoms with E-state index in [2.05, 4.69) is 82.5 Å². The molecule has 0 heterocycles. The number of hydrogen-bond acceptors (Lipinski definition) is 0. The molecule has 2 aliphatic rings. The Morgan fingerprint density at radius 2 is 1.41 bits per heavy atom. The molecule has 0 amide bonds. The van der Waals surface area contributed by atoms with Gasteiger partial charge >= 0.3 is 108 Å². The topological polar surface area (TPSA) is 0 Å². The van der Waals surface area contributed by atoms with Crippen LogP contribution in [0.5, 0.6) is 0 Å². The largest absolute Gasteiger partial charge is 1.00 e. The zero-order chi connectivity index (χ0) is 30.3. The van der Waals surface area contributed by atoms with Gasteiger partial charge in [-0.15, -0.1) is 30.2 Å². The van der Waals surface area contributed by atoms with E-state index in [1.54, 1.807) is 12.1 Å². The van der Waals surface area contributed by atoms with Crippen LogP contribution in [0.1, 0.15) is 60.6 Å². The Morgan fingerprint density at radius 1 is 0.818 bits per heavy atom. The van der Waals surface area contributed by atoms with Crippen LogP contribution in [0.2, 0.25) is 0 Å². The summed E-state index contributed by atoms with van der Waals surface area (Å²) in [5.74, 6) is -0.539. The maximum atomic E-state index is 13.0. The Kier molecular flexibility index (Phi) is 14.3. The summed E-state index contributed by atoms with van der Waals surface area (Å²) < 4.78 is 27.0. The zero-order valence-electron chi connectivity index (χ0n) is 25.2. The van der Waals surface area contributed by atoms with Gasteiger partial charge in [-0.25, -0.2) is 6.08 Å². The van der Waals surface area contributed by atoms with Gasteiger partial charge in [-0.05, 0) is 12.0 Å². The van der Waals surface area contributed by atoms with Crippen molar-refractivity contribution in [2.24, 2.45) is 5.41 Å². The van der Waals surface area contributed by atoms with Gasteiger partial charge < -0.3 is 24.8 Å². The summed E-state index contributed by atoms with van der Waals surface area (Å²) in [5, 5.41) is 0. The van der Waals surface area contributed by atoms with Gasteiger partial charge in [0.15, 0.2) is 0 Å². The molecule has 0 unspecified atom stereocenters. The van der Waals surface area contributed by atoms with E-state index >= 15 is 0 Å². The number of benzene rings is 4. The van der Waals surface area contributed by atoms with Crippen molar-refractivity contribution in [3.8, 4) is 11.1 Å². The fourth-order valence-electron chi connectivity index (χ4n) is 4.74. The van der Waals surface area contributed by atoms with E-state index in [1.807, 2.05) is 30.4 Å². The van der Waals surface area contributed by atoms with Crippen molar-refractivity contribution in [3.05, 3.63) is 167 Å². The second kappa shape index (κ2) is 16.9. The molecule has 4 aromatic carbocycles. The van der Waals surface area contributed by atoms with Crippen LogP contribution in [0.3, 0.4) is 0 Å². The predicted octanol–water partition coefficient (Wildman–Crippen LogP) is 4.15. The van der Waals surface area contributed by atoms with Crippen molar-refractivity contribution in [2.45, 2.75) is 33.6 Å². The summed E-state index contributed by atoms with van der Waals surface area (Å²) in [7, 11) is 0. The first kappa shape index (κ1) is 37.2. The van der Waals surface area contributed by atoms with E-state index in [-0.39, 0.29) is 36.4 Å². The van der Waals surface area contributed by atoms with Crippen LogP contribution in [0, 0.1) is 29.2 Å². The number of hydrogen-bond donors (Lipinski definition) is 0. The summed E-state index contributed by atoms with van der Waals surface area (Å²) in [5.41, 5.74) is 10.9. The van der Waals surface area contributed by atoms with E-state index < -0.39 is 0 Å². The van der Waals surface area contributed by atoms with E-state index in [0.717, 1.165) is 57.0 Å². The maximum absolute atomic E-state index is 13.0. The van der Waals surface area contributed by atoms with E-state index in [0.29, 0.717) is 5.41 Å². The average Bonchev–Trinajstić information content (AvgIpc) is 3.66. The maximum Gasteiger partial charge on any atom is -1.00 e. The number of halogens is 4. The predicted molar refractivity (Wildman–Crippen MR) is 170 cm³/mol. The van der Waals surface area contributed by atoms with Gasteiger partial charge in [0.25, 0.3) is 0 Å². The van der Waals surface area contributed by atoms with Crippen LogP contribution in [0.25, 0.3) is 23.3 Å². The summed E-state index contributed by atoms with van der Waals surface area (Å²) in [4.78, 5) is 0. The fraction of sp³-hybridized carbons (Fsp3) is 0.154. The van der Waals surface area contributed by atoms with Crippen LogP contribution in [0.4, 0.5) is 8.78 Å². The Labute approximate surface area is 288 Å². The molecule has 0 aliphatic heterocycles. The Hall–Kier alpha value is -2.97. The van der Waals surface area contributed by atoms with E-state index in [4.69, 9.17) is 0 Å². The fourth-order valence-corrected chi connectivity index (χ4v) is 5.50. The summed E-state index contributed by atoms with van der Waals surface area (Å²) in [6, 6.07) is 26.8. The standard InChI is InChI=1S/C17H13.C13H8F2.C9H13.2ClH.Zr/c1-3-12-5-7-14-11-15-8-6-13(4-2)10-17(15)16(14)9-12;14-12-5-1-3-10(8-12)7-11-4-2-6-13(15)9-11;1-9(2,3)8-6-4-5-7-8;;;/h3-7,9-10H,1-2,11H2;1-6,8-9H;6-7H,4H2,1-3H3;2*1H;/q-1;;-1;;;+2/p-2. The van der Waals surface area contributed by atoms with Crippen LogP contribution < -0.4 is 24.8 Å². The van der Waals surface area contributed by atoms with Crippen molar-refractivity contribution in [1.29, 1.82) is 0 Å². The first-order valence-corrected chi connectivity index (χ1v) is 15.1. The first-order chi connectivity index (χ1) is 20.1. The second-order valence-corrected chi connectivity index (χ2v) is 12.4. The molecular weight excluding hydrogens is 669 g/mol. The van der Waals surface area contributed by atoms with Gasteiger partial charge in [-0.1, -0.05) is 68.2 Å². The second-order valence-electron chi connectivity index (χ2n) is 11.2. The molecule has 0 N–H and O–H groups in total. The summed E-state index contributed by atoms with van der Waals surface area (Å²) in [6.45, 7) is 14.3.